The molecule has 1 saturated heterocycles. The molecule has 0 unspecified atom stereocenters. The van der Waals surface area contributed by atoms with E-state index in [0.717, 1.165) is 5.75 Å². The number of hydrogen-bond acceptors (Lipinski definition) is 6. The lowest BCUT2D eigenvalue weighted by Crippen LogP contribution is -2.43. The Balaban J connectivity index is 1.74. The van der Waals surface area contributed by atoms with Crippen molar-refractivity contribution in [2.45, 2.75) is 13.0 Å². The summed E-state index contributed by atoms with van der Waals surface area (Å²) in [7, 11) is 3.16. The molecule has 0 radical (unpaired) electrons. The first-order valence-corrected chi connectivity index (χ1v) is 8.87. The van der Waals surface area contributed by atoms with Crippen LogP contribution in [0.3, 0.4) is 0 Å². The van der Waals surface area contributed by atoms with Gasteiger partial charge in [-0.05, 0) is 43.3 Å². The Bertz CT molecular complexity index is 853. The van der Waals surface area contributed by atoms with E-state index < -0.39 is 6.04 Å². The summed E-state index contributed by atoms with van der Waals surface area (Å²) in [5.41, 5.74) is 0.671. The first-order valence-electron chi connectivity index (χ1n) is 8.87. The fourth-order valence-corrected chi connectivity index (χ4v) is 2.84. The fourth-order valence-electron chi connectivity index (χ4n) is 2.84. The lowest BCUT2D eigenvalue weighted by molar-refractivity contribution is -0.128. The standard InChI is InChI=1S/C20H23N3O5/c1-13(19(24)23-11-10-21-20(23)25)22-14-4-9-17(27-3)18(12-14)28-16-7-5-15(26-2)6-8-16/h4-9,12-13,22H,10-11H2,1-3H3,(H,21,25)/t13-/m0/s1. The summed E-state index contributed by atoms with van der Waals surface area (Å²) in [5, 5.41) is 5.73. The zero-order valence-corrected chi connectivity index (χ0v) is 16.0. The van der Waals surface area contributed by atoms with Crippen LogP contribution in [0.1, 0.15) is 6.92 Å². The van der Waals surface area contributed by atoms with Crippen molar-refractivity contribution < 1.29 is 23.8 Å². The third-order valence-corrected chi connectivity index (χ3v) is 4.33. The van der Waals surface area contributed by atoms with E-state index in [1.54, 1.807) is 63.6 Å². The molecule has 1 aliphatic rings. The third-order valence-electron chi connectivity index (χ3n) is 4.33. The molecule has 1 heterocycles. The number of carbonyl (C=O) groups excluding carboxylic acids is 2. The van der Waals surface area contributed by atoms with Crippen molar-refractivity contribution in [3.8, 4) is 23.0 Å². The summed E-state index contributed by atoms with van der Waals surface area (Å²) in [6.07, 6.45) is 0. The number of methoxy groups -OCH3 is 2. The highest BCUT2D eigenvalue weighted by Gasteiger charge is 2.29. The highest BCUT2D eigenvalue weighted by atomic mass is 16.5. The first-order chi connectivity index (χ1) is 13.5. The number of urea groups is 1. The number of hydrogen-bond donors (Lipinski definition) is 2. The number of amides is 3. The Labute approximate surface area is 163 Å². The SMILES string of the molecule is COc1ccc(Oc2cc(N[C@@H](C)C(=O)N3CCNC3=O)ccc2OC)cc1. The van der Waals surface area contributed by atoms with E-state index in [1.165, 1.54) is 4.90 Å². The molecule has 2 aromatic carbocycles. The van der Waals surface area contributed by atoms with Crippen LogP contribution in [0.15, 0.2) is 42.5 Å². The Kier molecular flexibility index (Phi) is 5.88. The van der Waals surface area contributed by atoms with Crippen LogP contribution in [0.2, 0.25) is 0 Å². The van der Waals surface area contributed by atoms with Crippen molar-refractivity contribution in [2.75, 3.05) is 32.6 Å². The van der Waals surface area contributed by atoms with E-state index in [4.69, 9.17) is 14.2 Å². The molecule has 8 nitrogen and oxygen atoms in total. The van der Waals surface area contributed by atoms with Crippen LogP contribution in [-0.2, 0) is 4.79 Å². The van der Waals surface area contributed by atoms with Crippen LogP contribution < -0.4 is 24.8 Å². The van der Waals surface area contributed by atoms with Gasteiger partial charge in [0.2, 0.25) is 0 Å². The monoisotopic (exact) mass is 385 g/mol. The largest absolute Gasteiger partial charge is 0.497 e. The van der Waals surface area contributed by atoms with Gasteiger partial charge < -0.3 is 24.8 Å². The average Bonchev–Trinajstić information content (AvgIpc) is 3.14. The molecule has 2 N–H and O–H groups in total. The smallest absolute Gasteiger partial charge is 0.324 e. The highest BCUT2D eigenvalue weighted by Crippen LogP contribution is 2.34. The predicted molar refractivity (Wildman–Crippen MR) is 104 cm³/mol. The highest BCUT2D eigenvalue weighted by molar-refractivity contribution is 5.99. The van der Waals surface area contributed by atoms with E-state index in [2.05, 4.69) is 10.6 Å². The van der Waals surface area contributed by atoms with Crippen LogP contribution in [-0.4, -0.2) is 50.2 Å². The number of rotatable bonds is 7. The van der Waals surface area contributed by atoms with Crippen molar-refractivity contribution in [3.63, 3.8) is 0 Å². The second-order valence-electron chi connectivity index (χ2n) is 6.23. The van der Waals surface area contributed by atoms with Crippen molar-refractivity contribution in [2.24, 2.45) is 0 Å². The molecular weight excluding hydrogens is 362 g/mol. The van der Waals surface area contributed by atoms with Gasteiger partial charge in [-0.3, -0.25) is 9.69 Å². The van der Waals surface area contributed by atoms with Gasteiger partial charge in [0.05, 0.1) is 14.2 Å². The van der Waals surface area contributed by atoms with Crippen LogP contribution in [0.4, 0.5) is 10.5 Å². The lowest BCUT2D eigenvalue weighted by Gasteiger charge is -2.20. The van der Waals surface area contributed by atoms with Crippen molar-refractivity contribution in [1.29, 1.82) is 0 Å². The molecule has 0 aromatic heterocycles. The minimum atomic E-state index is -0.578. The van der Waals surface area contributed by atoms with E-state index >= 15 is 0 Å². The number of imide groups is 1. The predicted octanol–water partition coefficient (Wildman–Crippen LogP) is 2.85. The molecule has 2 aromatic rings. The molecule has 3 rings (SSSR count). The second kappa shape index (κ2) is 8.51. The first kappa shape index (κ1) is 19.3. The maximum atomic E-state index is 12.5. The second-order valence-corrected chi connectivity index (χ2v) is 6.23. The summed E-state index contributed by atoms with van der Waals surface area (Å²) in [5.74, 6) is 2.11. The van der Waals surface area contributed by atoms with Gasteiger partial charge in [-0.15, -0.1) is 0 Å². The van der Waals surface area contributed by atoms with Crippen LogP contribution in [0, 0.1) is 0 Å². The molecule has 0 aliphatic carbocycles. The van der Waals surface area contributed by atoms with Crippen molar-refractivity contribution >= 4 is 17.6 Å². The molecule has 0 bridgehead atoms. The quantitative estimate of drug-likeness (QED) is 0.762. The molecular formula is C20H23N3O5. The normalized spacial score (nSPS) is 14.2. The zero-order valence-electron chi connectivity index (χ0n) is 16.0. The molecule has 3 amide bonds. The molecule has 0 saturated carbocycles. The van der Waals surface area contributed by atoms with Crippen LogP contribution in [0.25, 0.3) is 0 Å². The lowest BCUT2D eigenvalue weighted by atomic mass is 10.2. The maximum absolute atomic E-state index is 12.5. The average molecular weight is 385 g/mol. The molecule has 1 fully saturated rings. The van der Waals surface area contributed by atoms with Gasteiger partial charge in [-0.2, -0.15) is 0 Å². The fraction of sp³-hybridized carbons (Fsp3) is 0.300. The van der Waals surface area contributed by atoms with E-state index in [1.807, 2.05) is 0 Å². The third kappa shape index (κ3) is 4.28. The Morgan fingerprint density at radius 3 is 2.39 bits per heavy atom. The number of carbonyl (C=O) groups is 2. The van der Waals surface area contributed by atoms with Gasteiger partial charge in [0.25, 0.3) is 5.91 Å². The van der Waals surface area contributed by atoms with Crippen LogP contribution >= 0.6 is 0 Å². The molecule has 148 valence electrons. The topological polar surface area (TPSA) is 89.1 Å². The number of nitrogens with zero attached hydrogens (tertiary/aromatic N) is 1. The Hall–Kier alpha value is -3.42. The summed E-state index contributed by atoms with van der Waals surface area (Å²) < 4.78 is 16.4. The number of anilines is 1. The van der Waals surface area contributed by atoms with Gasteiger partial charge in [0.1, 0.15) is 17.5 Å². The zero-order chi connectivity index (χ0) is 20.1. The summed E-state index contributed by atoms with van der Waals surface area (Å²) in [4.78, 5) is 25.3. The summed E-state index contributed by atoms with van der Waals surface area (Å²) in [6, 6.07) is 11.5. The number of ether oxygens (including phenoxy) is 3. The molecule has 1 aliphatic heterocycles. The van der Waals surface area contributed by atoms with Crippen molar-refractivity contribution in [1.82, 2.24) is 10.2 Å². The van der Waals surface area contributed by atoms with E-state index in [0.29, 0.717) is 36.0 Å². The molecule has 1 atom stereocenters. The summed E-state index contributed by atoms with van der Waals surface area (Å²) >= 11 is 0. The van der Waals surface area contributed by atoms with E-state index in [9.17, 15) is 9.59 Å². The van der Waals surface area contributed by atoms with E-state index in [-0.39, 0.29) is 11.9 Å². The minimum Gasteiger partial charge on any atom is -0.497 e. The number of nitrogens with one attached hydrogen (secondary N) is 2. The summed E-state index contributed by atoms with van der Waals surface area (Å²) in [6.45, 7) is 2.56. The molecule has 28 heavy (non-hydrogen) atoms. The van der Waals surface area contributed by atoms with Crippen LogP contribution in [0.5, 0.6) is 23.0 Å². The Morgan fingerprint density at radius 1 is 1.07 bits per heavy atom. The minimum absolute atomic E-state index is 0.288. The van der Waals surface area contributed by atoms with Gasteiger partial charge in [-0.1, -0.05) is 0 Å². The van der Waals surface area contributed by atoms with Crippen molar-refractivity contribution in [3.05, 3.63) is 42.5 Å². The Morgan fingerprint density at radius 2 is 1.79 bits per heavy atom. The number of benzene rings is 2. The molecule has 0 spiro atoms. The molecule has 8 heteroatoms. The maximum Gasteiger partial charge on any atom is 0.324 e. The van der Waals surface area contributed by atoms with Gasteiger partial charge in [0, 0.05) is 24.8 Å². The van der Waals surface area contributed by atoms with Gasteiger partial charge in [0.15, 0.2) is 11.5 Å². The van der Waals surface area contributed by atoms with Gasteiger partial charge in [-0.25, -0.2) is 4.79 Å². The van der Waals surface area contributed by atoms with Gasteiger partial charge >= 0.3 is 6.03 Å².